The van der Waals surface area contributed by atoms with Gasteiger partial charge in [-0.1, -0.05) is 18.2 Å². The van der Waals surface area contributed by atoms with Gasteiger partial charge in [-0.25, -0.2) is 0 Å². The summed E-state index contributed by atoms with van der Waals surface area (Å²) in [6.07, 6.45) is 3.04. The van der Waals surface area contributed by atoms with Crippen LogP contribution in [0.4, 0.5) is 0 Å². The Labute approximate surface area is 152 Å². The molecule has 0 spiro atoms. The largest absolute Gasteiger partial charge is 0.466 e. The number of aldehydes is 1. The smallest absolute Gasteiger partial charge is 0.302 e. The number of nitrogens with zero attached hydrogens (tertiary/aromatic N) is 1. The van der Waals surface area contributed by atoms with Crippen LogP contribution < -0.4 is 0 Å². The van der Waals surface area contributed by atoms with E-state index in [1.54, 1.807) is 0 Å². The normalized spacial score (nSPS) is 37.4. The summed E-state index contributed by atoms with van der Waals surface area (Å²) in [5.74, 6) is 0.288. The lowest BCUT2D eigenvalue weighted by molar-refractivity contribution is -0.165. The zero-order valence-corrected chi connectivity index (χ0v) is 15.1. The Morgan fingerprint density at radius 2 is 2.19 bits per heavy atom. The number of nitrogens with one attached hydrogen (secondary N) is 1. The summed E-state index contributed by atoms with van der Waals surface area (Å²) in [4.78, 5) is 29.4. The van der Waals surface area contributed by atoms with Crippen LogP contribution in [0.1, 0.15) is 37.6 Å². The van der Waals surface area contributed by atoms with Crippen molar-refractivity contribution in [2.45, 2.75) is 44.8 Å². The van der Waals surface area contributed by atoms with Crippen LogP contribution in [0.2, 0.25) is 0 Å². The molecule has 0 saturated carbocycles. The topological polar surface area (TPSA) is 62.4 Å². The lowest BCUT2D eigenvalue weighted by Crippen LogP contribution is -2.67. The summed E-state index contributed by atoms with van der Waals surface area (Å²) in [5, 5.41) is 1.31. The number of para-hydroxylation sites is 1. The molecule has 2 aromatic rings. The van der Waals surface area contributed by atoms with E-state index in [2.05, 4.69) is 41.1 Å². The maximum atomic E-state index is 11.8. The molecular formula is C21H24N2O3. The van der Waals surface area contributed by atoms with Gasteiger partial charge in [0.15, 0.2) is 0 Å². The minimum atomic E-state index is -0.239. The molecule has 136 valence electrons. The summed E-state index contributed by atoms with van der Waals surface area (Å²) in [6.45, 7) is 4.06. The van der Waals surface area contributed by atoms with Gasteiger partial charge in [-0.05, 0) is 37.3 Å². The van der Waals surface area contributed by atoms with Crippen LogP contribution in [0, 0.1) is 17.8 Å². The van der Waals surface area contributed by atoms with Crippen molar-refractivity contribution in [3.63, 3.8) is 0 Å². The van der Waals surface area contributed by atoms with Crippen molar-refractivity contribution in [2.75, 3.05) is 6.61 Å². The third-order valence-electron chi connectivity index (χ3n) is 7.03. The number of H-pyrrole nitrogens is 1. The molecule has 5 heterocycles. The van der Waals surface area contributed by atoms with Crippen LogP contribution in [-0.2, 0) is 20.7 Å². The van der Waals surface area contributed by atoms with Gasteiger partial charge < -0.3 is 14.5 Å². The molecule has 0 radical (unpaired) electrons. The number of esters is 1. The fourth-order valence-corrected chi connectivity index (χ4v) is 6.00. The summed E-state index contributed by atoms with van der Waals surface area (Å²) in [7, 11) is 0. The molecule has 0 aliphatic carbocycles. The Hall–Kier alpha value is -2.14. The van der Waals surface area contributed by atoms with Gasteiger partial charge >= 0.3 is 5.97 Å². The molecule has 5 unspecified atom stereocenters. The standard InChI is InChI=1S/C21H24N2O3/c1-11-16(9-24)14-7-20-21-15(13-5-3-4-6-18(13)22-21)8-19(23(11)20)17(14)10-26-12(2)25/h3-6,9,11,14,16-17,19-20,22H,7-8,10H2,1-2H3/t11?,14-,16?,17?,19?,20-/m0/s1. The Morgan fingerprint density at radius 1 is 1.38 bits per heavy atom. The molecular weight excluding hydrogens is 328 g/mol. The van der Waals surface area contributed by atoms with E-state index in [9.17, 15) is 9.59 Å². The highest BCUT2D eigenvalue weighted by Crippen LogP contribution is 2.56. The Morgan fingerprint density at radius 3 is 2.96 bits per heavy atom. The van der Waals surface area contributed by atoms with Gasteiger partial charge in [0.2, 0.25) is 0 Å². The van der Waals surface area contributed by atoms with Crippen LogP contribution in [0.3, 0.4) is 0 Å². The number of hydrogen-bond acceptors (Lipinski definition) is 4. The molecule has 1 aromatic heterocycles. The van der Waals surface area contributed by atoms with E-state index in [0.29, 0.717) is 18.7 Å². The molecule has 5 nitrogen and oxygen atoms in total. The lowest BCUT2D eigenvalue weighted by Gasteiger charge is -2.62. The minimum absolute atomic E-state index is 0.0222. The van der Waals surface area contributed by atoms with Gasteiger partial charge in [0, 0.05) is 47.4 Å². The number of benzene rings is 1. The quantitative estimate of drug-likeness (QED) is 0.682. The van der Waals surface area contributed by atoms with Crippen LogP contribution >= 0.6 is 0 Å². The first-order valence-corrected chi connectivity index (χ1v) is 9.55. The Kier molecular flexibility index (Phi) is 3.51. The Bertz CT molecular complexity index is 889. The van der Waals surface area contributed by atoms with Crippen LogP contribution in [0.15, 0.2) is 24.3 Å². The van der Waals surface area contributed by atoms with E-state index in [1.165, 1.54) is 29.1 Å². The maximum absolute atomic E-state index is 11.8. The minimum Gasteiger partial charge on any atom is -0.466 e. The first kappa shape index (κ1) is 16.1. The summed E-state index contributed by atoms with van der Waals surface area (Å²) in [6, 6.07) is 9.38. The molecule has 5 heteroatoms. The van der Waals surface area contributed by atoms with Gasteiger partial charge in [-0.3, -0.25) is 9.69 Å². The average Bonchev–Trinajstić information content (AvgIpc) is 3.00. The van der Waals surface area contributed by atoms with Crippen molar-refractivity contribution in [1.82, 2.24) is 9.88 Å². The number of carbonyl (C=O) groups is 2. The number of hydrogen-bond donors (Lipinski definition) is 1. The van der Waals surface area contributed by atoms with Crippen molar-refractivity contribution in [2.24, 2.45) is 17.8 Å². The Balaban J connectivity index is 1.60. The van der Waals surface area contributed by atoms with Gasteiger partial charge in [0.1, 0.15) is 6.29 Å². The zero-order chi connectivity index (χ0) is 18.0. The van der Waals surface area contributed by atoms with Crippen LogP contribution in [0.25, 0.3) is 10.9 Å². The molecule has 4 aliphatic heterocycles. The van der Waals surface area contributed by atoms with E-state index in [-0.39, 0.29) is 29.8 Å². The van der Waals surface area contributed by atoms with Crippen molar-refractivity contribution >= 4 is 23.2 Å². The maximum Gasteiger partial charge on any atom is 0.302 e. The molecule has 26 heavy (non-hydrogen) atoms. The van der Waals surface area contributed by atoms with E-state index in [4.69, 9.17) is 4.74 Å². The molecule has 3 fully saturated rings. The second-order valence-electron chi connectivity index (χ2n) is 8.12. The first-order chi connectivity index (χ1) is 12.6. The fraction of sp³-hybridized carbons (Fsp3) is 0.524. The second kappa shape index (κ2) is 5.68. The highest BCUT2D eigenvalue weighted by atomic mass is 16.5. The third-order valence-corrected chi connectivity index (χ3v) is 7.03. The molecule has 0 amide bonds. The number of piperidine rings is 3. The van der Waals surface area contributed by atoms with Gasteiger partial charge in [-0.15, -0.1) is 0 Å². The molecule has 7 atom stereocenters. The van der Waals surface area contributed by atoms with Crippen LogP contribution in [-0.4, -0.2) is 40.8 Å². The molecule has 4 bridgehead atoms. The molecule has 1 aromatic carbocycles. The second-order valence-corrected chi connectivity index (χ2v) is 8.12. The van der Waals surface area contributed by atoms with Crippen LogP contribution in [0.5, 0.6) is 0 Å². The highest BCUT2D eigenvalue weighted by molar-refractivity contribution is 5.85. The number of aromatic amines is 1. The van der Waals surface area contributed by atoms with Gasteiger partial charge in [0.25, 0.3) is 0 Å². The fourth-order valence-electron chi connectivity index (χ4n) is 6.00. The number of rotatable bonds is 3. The number of aromatic nitrogens is 1. The van der Waals surface area contributed by atoms with Gasteiger partial charge in [0.05, 0.1) is 12.6 Å². The number of ether oxygens (including phenoxy) is 1. The molecule has 3 saturated heterocycles. The average molecular weight is 352 g/mol. The number of fused-ring (bicyclic) bond motifs is 4. The molecule has 6 rings (SSSR count). The van der Waals surface area contributed by atoms with E-state index < -0.39 is 0 Å². The third kappa shape index (κ3) is 2.07. The predicted octanol–water partition coefficient (Wildman–Crippen LogP) is 2.85. The van der Waals surface area contributed by atoms with E-state index >= 15 is 0 Å². The highest BCUT2D eigenvalue weighted by Gasteiger charge is 2.57. The van der Waals surface area contributed by atoms with Crippen molar-refractivity contribution in [1.29, 1.82) is 0 Å². The monoisotopic (exact) mass is 352 g/mol. The number of carbonyl (C=O) groups excluding carboxylic acids is 2. The molecule has 4 aliphatic rings. The summed E-state index contributed by atoms with van der Waals surface area (Å²) in [5.41, 5.74) is 3.93. The first-order valence-electron chi connectivity index (χ1n) is 9.55. The van der Waals surface area contributed by atoms with Crippen molar-refractivity contribution in [3.8, 4) is 0 Å². The summed E-state index contributed by atoms with van der Waals surface area (Å²) >= 11 is 0. The van der Waals surface area contributed by atoms with Crippen molar-refractivity contribution < 1.29 is 14.3 Å². The molecule has 1 N–H and O–H groups in total. The predicted molar refractivity (Wildman–Crippen MR) is 97.6 cm³/mol. The SMILES string of the molecule is CC(=O)OCC1C2Cc3c([nH]c4ccccc34)[C@@H]3C[C@H]1C(C=O)C(C)N23. The zero-order valence-electron chi connectivity index (χ0n) is 15.1. The van der Waals surface area contributed by atoms with E-state index in [0.717, 1.165) is 19.1 Å². The van der Waals surface area contributed by atoms with Gasteiger partial charge in [-0.2, -0.15) is 0 Å². The van der Waals surface area contributed by atoms with Crippen molar-refractivity contribution in [3.05, 3.63) is 35.5 Å². The lowest BCUT2D eigenvalue weighted by atomic mass is 9.60. The van der Waals surface area contributed by atoms with E-state index in [1.807, 2.05) is 0 Å². The summed E-state index contributed by atoms with van der Waals surface area (Å²) < 4.78 is 5.42.